The van der Waals surface area contributed by atoms with Gasteiger partial charge in [-0.15, -0.1) is 0 Å². The lowest BCUT2D eigenvalue weighted by Gasteiger charge is -2.35. The number of non-ortho nitro benzene ring substituents is 1. The van der Waals surface area contributed by atoms with Crippen molar-refractivity contribution in [3.05, 3.63) is 76.1 Å². The van der Waals surface area contributed by atoms with E-state index in [2.05, 4.69) is 0 Å². The highest BCUT2D eigenvalue weighted by atomic mass is 19.1. The van der Waals surface area contributed by atoms with E-state index >= 15 is 0 Å². The van der Waals surface area contributed by atoms with Crippen LogP contribution in [0.15, 0.2) is 54.6 Å². The summed E-state index contributed by atoms with van der Waals surface area (Å²) in [5, 5.41) is 10.8. The van der Waals surface area contributed by atoms with Gasteiger partial charge in [-0.3, -0.25) is 14.9 Å². The number of rotatable bonds is 4. The van der Waals surface area contributed by atoms with Gasteiger partial charge in [0.2, 0.25) is 5.91 Å². The number of anilines is 1. The highest BCUT2D eigenvalue weighted by Crippen LogP contribution is 2.20. The number of para-hydroxylation sites is 1. The van der Waals surface area contributed by atoms with E-state index in [0.717, 1.165) is 0 Å². The van der Waals surface area contributed by atoms with Crippen molar-refractivity contribution in [3.8, 4) is 0 Å². The number of nitro benzene ring substituents is 1. The van der Waals surface area contributed by atoms with Gasteiger partial charge >= 0.3 is 0 Å². The molecule has 26 heavy (non-hydrogen) atoms. The van der Waals surface area contributed by atoms with Crippen molar-refractivity contribution in [2.75, 3.05) is 31.1 Å². The predicted octanol–water partition coefficient (Wildman–Crippen LogP) is 3.10. The second-order valence-electron chi connectivity index (χ2n) is 5.95. The molecule has 1 aliphatic heterocycles. The van der Waals surface area contributed by atoms with E-state index in [4.69, 9.17) is 0 Å². The van der Waals surface area contributed by atoms with Crippen molar-refractivity contribution in [1.29, 1.82) is 0 Å². The molecule has 0 unspecified atom stereocenters. The van der Waals surface area contributed by atoms with Crippen molar-refractivity contribution in [3.63, 3.8) is 0 Å². The molecule has 0 aliphatic carbocycles. The minimum Gasteiger partial charge on any atom is -0.366 e. The molecule has 7 heteroatoms. The van der Waals surface area contributed by atoms with Crippen LogP contribution in [0.1, 0.15) is 5.56 Å². The molecule has 1 amide bonds. The molecular weight excluding hydrogens is 337 g/mol. The Labute approximate surface area is 150 Å². The topological polar surface area (TPSA) is 66.7 Å². The van der Waals surface area contributed by atoms with E-state index in [-0.39, 0.29) is 17.4 Å². The predicted molar refractivity (Wildman–Crippen MR) is 97.3 cm³/mol. The normalized spacial score (nSPS) is 14.7. The van der Waals surface area contributed by atoms with E-state index in [1.165, 1.54) is 24.3 Å². The molecule has 2 aromatic rings. The summed E-state index contributed by atoms with van der Waals surface area (Å²) in [6.07, 6.45) is 2.98. The molecule has 0 aromatic heterocycles. The maximum absolute atomic E-state index is 13.8. The third-order valence-corrected chi connectivity index (χ3v) is 4.28. The Morgan fingerprint density at radius 3 is 2.50 bits per heavy atom. The molecule has 134 valence electrons. The van der Waals surface area contributed by atoms with Gasteiger partial charge in [0.25, 0.3) is 5.69 Å². The smallest absolute Gasteiger partial charge is 0.270 e. The number of nitro groups is 1. The van der Waals surface area contributed by atoms with Crippen molar-refractivity contribution < 1.29 is 14.1 Å². The van der Waals surface area contributed by atoms with Crippen LogP contribution >= 0.6 is 0 Å². The minimum absolute atomic E-state index is 0.0156. The summed E-state index contributed by atoms with van der Waals surface area (Å²) in [5.74, 6) is -0.428. The Hall–Kier alpha value is -3.22. The first-order chi connectivity index (χ1) is 12.5. The lowest BCUT2D eigenvalue weighted by Crippen LogP contribution is -2.48. The molecule has 0 saturated carbocycles. The van der Waals surface area contributed by atoms with E-state index in [1.807, 2.05) is 4.90 Å². The molecular formula is C19H18FN3O3. The van der Waals surface area contributed by atoms with Gasteiger partial charge in [-0.1, -0.05) is 24.3 Å². The Kier molecular flexibility index (Phi) is 5.26. The van der Waals surface area contributed by atoms with Crippen molar-refractivity contribution in [2.24, 2.45) is 0 Å². The maximum atomic E-state index is 13.8. The number of piperazine rings is 1. The first-order valence-corrected chi connectivity index (χ1v) is 8.25. The van der Waals surface area contributed by atoms with Crippen LogP contribution in [0.4, 0.5) is 15.8 Å². The molecule has 3 rings (SSSR count). The molecule has 0 spiro atoms. The number of hydrogen-bond donors (Lipinski definition) is 0. The minimum atomic E-state index is -0.471. The fourth-order valence-electron chi connectivity index (χ4n) is 2.89. The van der Waals surface area contributed by atoms with E-state index in [9.17, 15) is 19.3 Å². The van der Waals surface area contributed by atoms with E-state index < -0.39 is 4.92 Å². The van der Waals surface area contributed by atoms with Crippen LogP contribution in [-0.2, 0) is 4.79 Å². The average molecular weight is 355 g/mol. The van der Waals surface area contributed by atoms with E-state index in [0.29, 0.717) is 37.4 Å². The fourth-order valence-corrected chi connectivity index (χ4v) is 2.89. The summed E-state index contributed by atoms with van der Waals surface area (Å²) in [5.41, 5.74) is 1.13. The second-order valence-corrected chi connectivity index (χ2v) is 5.95. The molecule has 1 fully saturated rings. The molecule has 2 aromatic carbocycles. The van der Waals surface area contributed by atoms with Crippen LogP contribution in [0.2, 0.25) is 0 Å². The molecule has 6 nitrogen and oxygen atoms in total. The van der Waals surface area contributed by atoms with Crippen molar-refractivity contribution in [2.45, 2.75) is 0 Å². The van der Waals surface area contributed by atoms with Gasteiger partial charge < -0.3 is 9.80 Å². The monoisotopic (exact) mass is 355 g/mol. The van der Waals surface area contributed by atoms with Crippen LogP contribution in [0.5, 0.6) is 0 Å². The number of carbonyl (C=O) groups excluding carboxylic acids is 1. The van der Waals surface area contributed by atoms with Crippen LogP contribution in [-0.4, -0.2) is 41.9 Å². The molecule has 1 heterocycles. The van der Waals surface area contributed by atoms with Gasteiger partial charge in [-0.25, -0.2) is 4.39 Å². The number of benzene rings is 2. The lowest BCUT2D eigenvalue weighted by atomic mass is 10.2. The fraction of sp³-hybridized carbons (Fsp3) is 0.211. The number of hydrogen-bond acceptors (Lipinski definition) is 4. The number of halogens is 1. The summed E-state index contributed by atoms with van der Waals surface area (Å²) >= 11 is 0. The van der Waals surface area contributed by atoms with Gasteiger partial charge in [-0.05, 0) is 23.8 Å². The number of amides is 1. The highest BCUT2D eigenvalue weighted by molar-refractivity contribution is 5.92. The van der Waals surface area contributed by atoms with Crippen LogP contribution in [0.25, 0.3) is 6.08 Å². The van der Waals surface area contributed by atoms with Gasteiger partial charge in [-0.2, -0.15) is 0 Å². The zero-order chi connectivity index (χ0) is 18.5. The first-order valence-electron chi connectivity index (χ1n) is 8.25. The summed E-state index contributed by atoms with van der Waals surface area (Å²) in [7, 11) is 0. The SMILES string of the molecule is O=C(C=Cc1cccc([N+](=O)[O-])c1)N1CCN(c2ccccc2F)CC1. The second kappa shape index (κ2) is 7.77. The Balaban J connectivity index is 1.59. The van der Waals surface area contributed by atoms with Crippen LogP contribution in [0, 0.1) is 15.9 Å². The summed E-state index contributed by atoms with van der Waals surface area (Å²) in [4.78, 5) is 26.2. The molecule has 0 atom stereocenters. The third-order valence-electron chi connectivity index (χ3n) is 4.28. The Morgan fingerprint density at radius 2 is 1.81 bits per heavy atom. The van der Waals surface area contributed by atoms with Gasteiger partial charge in [0, 0.05) is 44.4 Å². The third kappa shape index (κ3) is 4.05. The van der Waals surface area contributed by atoms with Crippen LogP contribution < -0.4 is 4.90 Å². The van der Waals surface area contributed by atoms with Gasteiger partial charge in [0.15, 0.2) is 0 Å². The Morgan fingerprint density at radius 1 is 1.08 bits per heavy atom. The maximum Gasteiger partial charge on any atom is 0.270 e. The molecule has 0 N–H and O–H groups in total. The van der Waals surface area contributed by atoms with E-state index in [1.54, 1.807) is 41.3 Å². The molecule has 0 bridgehead atoms. The number of carbonyl (C=O) groups is 1. The zero-order valence-electron chi connectivity index (χ0n) is 14.0. The molecule has 1 saturated heterocycles. The largest absolute Gasteiger partial charge is 0.366 e. The van der Waals surface area contributed by atoms with Gasteiger partial charge in [0.1, 0.15) is 5.82 Å². The highest BCUT2D eigenvalue weighted by Gasteiger charge is 2.21. The quantitative estimate of drug-likeness (QED) is 0.480. The zero-order valence-corrected chi connectivity index (χ0v) is 14.0. The summed E-state index contributed by atoms with van der Waals surface area (Å²) in [6.45, 7) is 2.09. The lowest BCUT2D eigenvalue weighted by molar-refractivity contribution is -0.384. The number of nitrogens with zero attached hydrogens (tertiary/aromatic N) is 3. The average Bonchev–Trinajstić information content (AvgIpc) is 2.67. The standard InChI is InChI=1S/C19H18FN3O3/c20-17-6-1-2-7-18(17)21-10-12-22(13-11-21)19(24)9-8-15-4-3-5-16(14-15)23(25)26/h1-9,14H,10-13H2. The summed E-state index contributed by atoms with van der Waals surface area (Å²) < 4.78 is 13.8. The van der Waals surface area contributed by atoms with Crippen LogP contribution in [0.3, 0.4) is 0 Å². The summed E-state index contributed by atoms with van der Waals surface area (Å²) in [6, 6.07) is 12.7. The molecule has 1 aliphatic rings. The van der Waals surface area contributed by atoms with Gasteiger partial charge in [0.05, 0.1) is 10.6 Å². The van der Waals surface area contributed by atoms with Crippen molar-refractivity contribution in [1.82, 2.24) is 4.90 Å². The van der Waals surface area contributed by atoms with Crippen molar-refractivity contribution >= 4 is 23.4 Å². The molecule has 0 radical (unpaired) electrons. The Bertz CT molecular complexity index is 845. The first kappa shape index (κ1) is 17.6.